The maximum absolute atomic E-state index is 11.9. The summed E-state index contributed by atoms with van der Waals surface area (Å²) in [6, 6.07) is 3.84. The second kappa shape index (κ2) is 5.54. The molecule has 1 unspecified atom stereocenters. The normalized spacial score (nSPS) is 24.5. The summed E-state index contributed by atoms with van der Waals surface area (Å²) in [7, 11) is 0. The average molecular weight is 262 g/mol. The zero-order valence-electron chi connectivity index (χ0n) is 10.8. The molecule has 2 aliphatic heterocycles. The van der Waals surface area contributed by atoms with Crippen LogP contribution in [-0.4, -0.2) is 59.8 Å². The topological polar surface area (TPSA) is 57.7 Å². The van der Waals surface area contributed by atoms with E-state index < -0.39 is 0 Å². The summed E-state index contributed by atoms with van der Waals surface area (Å²) in [5.41, 5.74) is 1.08. The lowest BCUT2D eigenvalue weighted by Crippen LogP contribution is -2.49. The molecule has 1 N–H and O–H groups in total. The third kappa shape index (κ3) is 2.85. The van der Waals surface area contributed by atoms with Crippen molar-refractivity contribution < 1.29 is 9.53 Å². The maximum atomic E-state index is 11.9. The number of amides is 1. The van der Waals surface area contributed by atoms with E-state index in [0.29, 0.717) is 13.1 Å². The van der Waals surface area contributed by atoms with Gasteiger partial charge in [-0.2, -0.15) is 0 Å². The van der Waals surface area contributed by atoms with E-state index in [1.165, 1.54) is 0 Å². The van der Waals surface area contributed by atoms with E-state index in [-0.39, 0.29) is 12.3 Å². The molecular formula is C13H18N4O2. The molecule has 1 aromatic rings. The molecule has 2 aliphatic rings. The quantitative estimate of drug-likeness (QED) is 0.847. The smallest absolute Gasteiger partial charge is 0.411 e. The molecular weight excluding hydrogens is 244 g/mol. The summed E-state index contributed by atoms with van der Waals surface area (Å²) in [5.74, 6) is 0. The number of nitrogens with one attached hydrogen (secondary N) is 1. The minimum absolute atomic E-state index is 0.101. The summed E-state index contributed by atoms with van der Waals surface area (Å²) in [6.45, 7) is 5.00. The molecule has 102 valence electrons. The van der Waals surface area contributed by atoms with Gasteiger partial charge < -0.3 is 10.1 Å². The van der Waals surface area contributed by atoms with Crippen LogP contribution in [0.4, 0.5) is 4.79 Å². The van der Waals surface area contributed by atoms with Gasteiger partial charge in [-0.25, -0.2) is 4.79 Å². The number of nitrogens with zero attached hydrogens (tertiary/aromatic N) is 3. The first-order chi connectivity index (χ1) is 9.33. The predicted octanol–water partition coefficient (Wildman–Crippen LogP) is 0.265. The number of hydrogen-bond acceptors (Lipinski definition) is 5. The van der Waals surface area contributed by atoms with E-state index >= 15 is 0 Å². The van der Waals surface area contributed by atoms with Crippen LogP contribution >= 0.6 is 0 Å². The predicted molar refractivity (Wildman–Crippen MR) is 69.4 cm³/mol. The number of ether oxygens (including phenoxy) is 1. The van der Waals surface area contributed by atoms with E-state index in [4.69, 9.17) is 4.74 Å². The van der Waals surface area contributed by atoms with Gasteiger partial charge in [-0.05, 0) is 17.7 Å². The number of piperazine rings is 1. The molecule has 3 rings (SSSR count). The number of carbonyl (C=O) groups is 1. The fraction of sp³-hybridized carbons (Fsp3) is 0.538. The number of cyclic esters (lactones) is 1. The van der Waals surface area contributed by atoms with Gasteiger partial charge in [0.15, 0.2) is 6.23 Å². The summed E-state index contributed by atoms with van der Waals surface area (Å²) in [4.78, 5) is 19.8. The first-order valence-electron chi connectivity index (χ1n) is 6.62. The first-order valence-corrected chi connectivity index (χ1v) is 6.62. The Hall–Kier alpha value is -1.66. The van der Waals surface area contributed by atoms with E-state index in [0.717, 1.165) is 31.7 Å². The Balaban J connectivity index is 1.60. The minimum Gasteiger partial charge on any atom is -0.428 e. The van der Waals surface area contributed by atoms with E-state index in [2.05, 4.69) is 15.2 Å². The van der Waals surface area contributed by atoms with Crippen LogP contribution in [0.5, 0.6) is 0 Å². The number of rotatable bonds is 3. The van der Waals surface area contributed by atoms with Crippen molar-refractivity contribution in [2.24, 2.45) is 0 Å². The summed E-state index contributed by atoms with van der Waals surface area (Å²) >= 11 is 0. The van der Waals surface area contributed by atoms with Gasteiger partial charge in [-0.15, -0.1) is 0 Å². The Bertz CT molecular complexity index is 434. The second-order valence-electron chi connectivity index (χ2n) is 4.86. The van der Waals surface area contributed by atoms with Gasteiger partial charge in [0.2, 0.25) is 0 Å². The lowest BCUT2D eigenvalue weighted by Gasteiger charge is -2.30. The van der Waals surface area contributed by atoms with Gasteiger partial charge in [0.1, 0.15) is 0 Å². The first kappa shape index (κ1) is 12.4. The molecule has 2 fully saturated rings. The SMILES string of the molecule is O=C1OC(N2CCNCC2)CN1Cc1ccncc1. The molecule has 2 saturated heterocycles. The Morgan fingerprint density at radius 1 is 1.32 bits per heavy atom. The van der Waals surface area contributed by atoms with Crippen LogP contribution in [0.2, 0.25) is 0 Å². The van der Waals surface area contributed by atoms with Crippen molar-refractivity contribution in [3.63, 3.8) is 0 Å². The lowest BCUT2D eigenvalue weighted by molar-refractivity contribution is 0.0151. The largest absolute Gasteiger partial charge is 0.428 e. The fourth-order valence-electron chi connectivity index (χ4n) is 2.49. The summed E-state index contributed by atoms with van der Waals surface area (Å²) < 4.78 is 5.46. The Labute approximate surface area is 112 Å². The zero-order valence-corrected chi connectivity index (χ0v) is 10.8. The van der Waals surface area contributed by atoms with Crippen molar-refractivity contribution in [3.05, 3.63) is 30.1 Å². The third-order valence-corrected chi connectivity index (χ3v) is 3.55. The molecule has 0 aliphatic carbocycles. The van der Waals surface area contributed by atoms with Crippen molar-refractivity contribution in [2.45, 2.75) is 12.8 Å². The van der Waals surface area contributed by atoms with E-state index in [1.807, 2.05) is 12.1 Å². The minimum atomic E-state index is -0.222. The summed E-state index contributed by atoms with van der Waals surface area (Å²) in [6.07, 6.45) is 3.16. The standard InChI is InChI=1S/C13H18N4O2/c18-13-17(9-11-1-3-14-4-2-11)10-12(19-13)16-7-5-15-6-8-16/h1-4,12,15H,5-10H2. The van der Waals surface area contributed by atoms with Gasteiger partial charge in [0, 0.05) is 45.1 Å². The van der Waals surface area contributed by atoms with Crippen LogP contribution in [0.1, 0.15) is 5.56 Å². The molecule has 19 heavy (non-hydrogen) atoms. The highest BCUT2D eigenvalue weighted by Crippen LogP contribution is 2.17. The van der Waals surface area contributed by atoms with Crippen molar-refractivity contribution in [1.82, 2.24) is 20.1 Å². The van der Waals surface area contributed by atoms with Crippen LogP contribution in [0.25, 0.3) is 0 Å². The molecule has 0 spiro atoms. The van der Waals surface area contributed by atoms with E-state index in [9.17, 15) is 4.79 Å². The van der Waals surface area contributed by atoms with Gasteiger partial charge in [-0.3, -0.25) is 14.8 Å². The van der Waals surface area contributed by atoms with Crippen LogP contribution in [0, 0.1) is 0 Å². The Morgan fingerprint density at radius 2 is 2.05 bits per heavy atom. The Kier molecular flexibility index (Phi) is 3.61. The monoisotopic (exact) mass is 262 g/mol. The van der Waals surface area contributed by atoms with Crippen LogP contribution in [0.3, 0.4) is 0 Å². The maximum Gasteiger partial charge on any atom is 0.411 e. The number of pyridine rings is 1. The van der Waals surface area contributed by atoms with Gasteiger partial charge in [-0.1, -0.05) is 0 Å². The van der Waals surface area contributed by atoms with Gasteiger partial charge in [0.25, 0.3) is 0 Å². The van der Waals surface area contributed by atoms with Crippen molar-refractivity contribution in [2.75, 3.05) is 32.7 Å². The third-order valence-electron chi connectivity index (χ3n) is 3.55. The highest BCUT2D eigenvalue weighted by Gasteiger charge is 2.35. The average Bonchev–Trinajstić information content (AvgIpc) is 2.82. The zero-order chi connectivity index (χ0) is 13.1. The van der Waals surface area contributed by atoms with E-state index in [1.54, 1.807) is 17.3 Å². The molecule has 0 bridgehead atoms. The second-order valence-corrected chi connectivity index (χ2v) is 4.86. The lowest BCUT2D eigenvalue weighted by atomic mass is 10.2. The molecule has 1 atom stereocenters. The molecule has 3 heterocycles. The molecule has 1 amide bonds. The number of aromatic nitrogens is 1. The van der Waals surface area contributed by atoms with Gasteiger partial charge in [0.05, 0.1) is 6.54 Å². The highest BCUT2D eigenvalue weighted by molar-refractivity contribution is 5.69. The van der Waals surface area contributed by atoms with Crippen molar-refractivity contribution in [3.8, 4) is 0 Å². The molecule has 0 aromatic carbocycles. The van der Waals surface area contributed by atoms with Crippen molar-refractivity contribution in [1.29, 1.82) is 0 Å². The fourth-order valence-corrected chi connectivity index (χ4v) is 2.49. The molecule has 1 aromatic heterocycles. The van der Waals surface area contributed by atoms with Crippen molar-refractivity contribution >= 4 is 6.09 Å². The number of hydrogen-bond donors (Lipinski definition) is 1. The van der Waals surface area contributed by atoms with Crippen LogP contribution < -0.4 is 5.32 Å². The molecule has 0 radical (unpaired) electrons. The highest BCUT2D eigenvalue weighted by atomic mass is 16.6. The molecule has 6 nitrogen and oxygen atoms in total. The van der Waals surface area contributed by atoms with Crippen LogP contribution in [0.15, 0.2) is 24.5 Å². The van der Waals surface area contributed by atoms with Gasteiger partial charge >= 0.3 is 6.09 Å². The molecule has 0 saturated carbocycles. The summed E-state index contributed by atoms with van der Waals surface area (Å²) in [5, 5.41) is 3.30. The Morgan fingerprint density at radius 3 is 2.79 bits per heavy atom. The number of carbonyl (C=O) groups excluding carboxylic acids is 1. The molecule has 6 heteroatoms. The van der Waals surface area contributed by atoms with Crippen LogP contribution in [-0.2, 0) is 11.3 Å².